The summed E-state index contributed by atoms with van der Waals surface area (Å²) >= 11 is 0. The zero-order valence-corrected chi connectivity index (χ0v) is 17.8. The Morgan fingerprint density at radius 2 is 0.833 bits per heavy atom. The molecule has 2 aromatic heterocycles. The third kappa shape index (κ3) is 2.43. The van der Waals surface area contributed by atoms with Crippen LogP contribution in [0, 0.1) is 27.7 Å². The van der Waals surface area contributed by atoms with E-state index in [1.54, 1.807) is 0 Å². The highest BCUT2D eigenvalue weighted by Crippen LogP contribution is 2.40. The molecule has 0 unspecified atom stereocenters. The molecule has 0 aliphatic rings. The number of fused-ring (bicyclic) bond motifs is 6. The first kappa shape index (κ1) is 17.3. The zero-order chi connectivity index (χ0) is 20.6. The minimum Gasteiger partial charge on any atom is -0.354 e. The molecule has 0 fully saturated rings. The molecule has 146 valence electrons. The van der Waals surface area contributed by atoms with E-state index < -0.39 is 0 Å². The van der Waals surface area contributed by atoms with Crippen LogP contribution < -0.4 is 0 Å². The second kappa shape index (κ2) is 5.99. The largest absolute Gasteiger partial charge is 0.354 e. The zero-order valence-electron chi connectivity index (χ0n) is 17.8. The van der Waals surface area contributed by atoms with Crippen LogP contribution in [0.1, 0.15) is 22.3 Å². The van der Waals surface area contributed by atoms with Crippen LogP contribution in [-0.2, 0) is 0 Å². The first-order chi connectivity index (χ1) is 14.5. The van der Waals surface area contributed by atoms with Gasteiger partial charge in [-0.15, -0.1) is 0 Å². The summed E-state index contributed by atoms with van der Waals surface area (Å²) in [5.74, 6) is 0. The molecule has 2 nitrogen and oxygen atoms in total. The molecule has 6 rings (SSSR count). The van der Waals surface area contributed by atoms with Gasteiger partial charge in [-0.1, -0.05) is 23.3 Å². The third-order valence-electron chi connectivity index (χ3n) is 6.31. The molecular formula is C28H24N2. The Balaban J connectivity index is 1.77. The summed E-state index contributed by atoms with van der Waals surface area (Å²) in [5.41, 5.74) is 12.5. The minimum absolute atomic E-state index is 1.19. The van der Waals surface area contributed by atoms with Gasteiger partial charge in [-0.2, -0.15) is 0 Å². The first-order valence-electron chi connectivity index (χ1n) is 10.5. The van der Waals surface area contributed by atoms with Gasteiger partial charge in [0.1, 0.15) is 0 Å². The maximum Gasteiger partial charge on any atom is 0.0545 e. The van der Waals surface area contributed by atoms with Gasteiger partial charge in [0.25, 0.3) is 0 Å². The van der Waals surface area contributed by atoms with Gasteiger partial charge in [0.15, 0.2) is 0 Å². The second-order valence-electron chi connectivity index (χ2n) is 8.82. The molecule has 0 aliphatic carbocycles. The smallest absolute Gasteiger partial charge is 0.0545 e. The molecule has 0 saturated heterocycles. The molecule has 0 radical (unpaired) electrons. The topological polar surface area (TPSA) is 31.6 Å². The number of hydrogen-bond acceptors (Lipinski definition) is 0. The third-order valence-corrected chi connectivity index (χ3v) is 6.31. The van der Waals surface area contributed by atoms with Crippen LogP contribution in [0.2, 0.25) is 0 Å². The Hall–Kier alpha value is -3.52. The van der Waals surface area contributed by atoms with Crippen molar-refractivity contribution >= 4 is 43.6 Å². The molecule has 4 aromatic carbocycles. The van der Waals surface area contributed by atoms with E-state index in [0.29, 0.717) is 0 Å². The highest BCUT2D eigenvalue weighted by Gasteiger charge is 2.16. The lowest BCUT2D eigenvalue weighted by Crippen LogP contribution is -1.87. The van der Waals surface area contributed by atoms with Crippen LogP contribution in [0.5, 0.6) is 0 Å². The molecule has 2 heteroatoms. The lowest BCUT2D eigenvalue weighted by Gasteiger charge is -2.09. The number of aromatic nitrogens is 2. The average molecular weight is 389 g/mol. The van der Waals surface area contributed by atoms with E-state index in [9.17, 15) is 0 Å². The molecule has 2 N–H and O–H groups in total. The number of benzene rings is 4. The van der Waals surface area contributed by atoms with Gasteiger partial charge in [0.05, 0.1) is 11.0 Å². The number of hydrogen-bond donors (Lipinski definition) is 2. The van der Waals surface area contributed by atoms with E-state index in [2.05, 4.69) is 98.3 Å². The summed E-state index contributed by atoms with van der Waals surface area (Å²) in [7, 11) is 0. The number of H-pyrrole nitrogens is 2. The van der Waals surface area contributed by atoms with Gasteiger partial charge < -0.3 is 9.97 Å². The molecule has 6 aromatic rings. The van der Waals surface area contributed by atoms with Crippen molar-refractivity contribution in [2.75, 3.05) is 0 Å². The quantitative estimate of drug-likeness (QED) is 0.287. The molecule has 2 heterocycles. The number of rotatable bonds is 1. The maximum atomic E-state index is 3.71. The van der Waals surface area contributed by atoms with Crippen molar-refractivity contribution in [1.82, 2.24) is 9.97 Å². The molecule has 0 bridgehead atoms. The Morgan fingerprint density at radius 3 is 1.27 bits per heavy atom. The summed E-state index contributed by atoms with van der Waals surface area (Å²) < 4.78 is 0. The summed E-state index contributed by atoms with van der Waals surface area (Å²) in [4.78, 5) is 7.43. The Bertz CT molecular complexity index is 1500. The van der Waals surface area contributed by atoms with Gasteiger partial charge in [-0.25, -0.2) is 0 Å². The van der Waals surface area contributed by atoms with Gasteiger partial charge in [0.2, 0.25) is 0 Å². The molecule has 0 atom stereocenters. The van der Waals surface area contributed by atoms with Gasteiger partial charge in [-0.3, -0.25) is 0 Å². The lowest BCUT2D eigenvalue weighted by molar-refractivity contribution is 1.45. The summed E-state index contributed by atoms with van der Waals surface area (Å²) in [6.45, 7) is 8.70. The van der Waals surface area contributed by atoms with E-state index in [1.807, 2.05) is 0 Å². The van der Waals surface area contributed by atoms with Crippen molar-refractivity contribution in [3.8, 4) is 11.1 Å². The monoisotopic (exact) mass is 388 g/mol. The van der Waals surface area contributed by atoms with Crippen LogP contribution >= 0.6 is 0 Å². The van der Waals surface area contributed by atoms with E-state index in [4.69, 9.17) is 0 Å². The van der Waals surface area contributed by atoms with Crippen molar-refractivity contribution < 1.29 is 0 Å². The predicted molar refractivity (Wildman–Crippen MR) is 130 cm³/mol. The molecule has 0 saturated carbocycles. The predicted octanol–water partition coefficient (Wildman–Crippen LogP) is 7.86. The van der Waals surface area contributed by atoms with E-state index in [1.165, 1.54) is 77.0 Å². The first-order valence-corrected chi connectivity index (χ1v) is 10.5. The fraction of sp³-hybridized carbons (Fsp3) is 0.143. The van der Waals surface area contributed by atoms with Crippen molar-refractivity contribution in [1.29, 1.82) is 0 Å². The standard InChI is InChI=1S/C28H24N2/c1-15-5-7-25-19(9-15)21-11-17(3)13-23(27(21)29-25)24-14-18(4)12-22-20-10-16(2)6-8-26(20)30-28(22)24/h5-14,29-30H,1-4H3. The van der Waals surface area contributed by atoms with Gasteiger partial charge in [0, 0.05) is 43.7 Å². The minimum atomic E-state index is 1.19. The SMILES string of the molecule is Cc1ccc2[nH]c3c(-c4cc(C)cc5c4[nH]c4ccc(C)cc45)cc(C)cc3c2c1. The van der Waals surface area contributed by atoms with Crippen LogP contribution in [0.15, 0.2) is 60.7 Å². The van der Waals surface area contributed by atoms with Crippen molar-refractivity contribution in [3.05, 3.63) is 82.9 Å². The van der Waals surface area contributed by atoms with Crippen LogP contribution in [-0.4, -0.2) is 9.97 Å². The normalized spacial score (nSPS) is 12.0. The summed E-state index contributed by atoms with van der Waals surface area (Å²) in [6, 6.07) is 22.6. The number of aryl methyl sites for hydroxylation is 4. The molecule has 0 spiro atoms. The van der Waals surface area contributed by atoms with Crippen LogP contribution in [0.25, 0.3) is 54.7 Å². The molecule has 0 amide bonds. The van der Waals surface area contributed by atoms with Gasteiger partial charge in [-0.05, 0) is 87.4 Å². The fourth-order valence-corrected chi connectivity index (χ4v) is 4.94. The van der Waals surface area contributed by atoms with Crippen LogP contribution in [0.4, 0.5) is 0 Å². The van der Waals surface area contributed by atoms with Crippen molar-refractivity contribution in [2.24, 2.45) is 0 Å². The van der Waals surface area contributed by atoms with E-state index in [-0.39, 0.29) is 0 Å². The number of aromatic amines is 2. The molecule has 30 heavy (non-hydrogen) atoms. The summed E-state index contributed by atoms with van der Waals surface area (Å²) in [6.07, 6.45) is 0. The van der Waals surface area contributed by atoms with E-state index >= 15 is 0 Å². The highest BCUT2D eigenvalue weighted by atomic mass is 14.7. The Kier molecular flexibility index (Phi) is 3.47. The van der Waals surface area contributed by atoms with E-state index in [0.717, 1.165) is 0 Å². The molecular weight excluding hydrogens is 364 g/mol. The maximum absolute atomic E-state index is 3.71. The Morgan fingerprint density at radius 1 is 0.433 bits per heavy atom. The Labute approximate surface area is 175 Å². The highest BCUT2D eigenvalue weighted by molar-refractivity contribution is 6.17. The van der Waals surface area contributed by atoms with Crippen LogP contribution in [0.3, 0.4) is 0 Å². The van der Waals surface area contributed by atoms with Gasteiger partial charge >= 0.3 is 0 Å². The number of nitrogens with one attached hydrogen (secondary N) is 2. The second-order valence-corrected chi connectivity index (χ2v) is 8.82. The molecule has 0 aliphatic heterocycles. The van der Waals surface area contributed by atoms with Crippen molar-refractivity contribution in [2.45, 2.75) is 27.7 Å². The lowest BCUT2D eigenvalue weighted by atomic mass is 9.95. The average Bonchev–Trinajstić information content (AvgIpc) is 3.25. The fourth-order valence-electron chi connectivity index (χ4n) is 4.94. The summed E-state index contributed by atoms with van der Waals surface area (Å²) in [5, 5.41) is 5.19. The van der Waals surface area contributed by atoms with Crippen molar-refractivity contribution in [3.63, 3.8) is 0 Å².